The number of aromatic nitrogens is 1. The molecule has 0 aliphatic rings. The zero-order valence-electron chi connectivity index (χ0n) is 10.3. The second-order valence-corrected chi connectivity index (χ2v) is 4.95. The topological polar surface area (TPSA) is 39.2 Å². The van der Waals surface area contributed by atoms with E-state index in [0.29, 0.717) is 12.2 Å². The van der Waals surface area contributed by atoms with Crippen molar-refractivity contribution >= 4 is 17.3 Å². The highest BCUT2D eigenvalue weighted by atomic mass is 32.1. The molecular formula is C14H15NO2S. The van der Waals surface area contributed by atoms with E-state index in [2.05, 4.69) is 4.98 Å². The van der Waals surface area contributed by atoms with Crippen LogP contribution < -0.4 is 0 Å². The molecular weight excluding hydrogens is 246 g/mol. The quantitative estimate of drug-likeness (QED) is 0.775. The Morgan fingerprint density at radius 3 is 2.72 bits per heavy atom. The van der Waals surface area contributed by atoms with Gasteiger partial charge in [-0.15, -0.1) is 11.3 Å². The molecule has 0 atom stereocenters. The average Bonchev–Trinajstić information content (AvgIpc) is 2.89. The Balaban J connectivity index is 1.99. The molecule has 3 nitrogen and oxygen atoms in total. The van der Waals surface area contributed by atoms with Gasteiger partial charge in [-0.2, -0.15) is 0 Å². The van der Waals surface area contributed by atoms with Gasteiger partial charge in [0, 0.05) is 17.5 Å². The lowest BCUT2D eigenvalue weighted by Gasteiger charge is -2.04. The number of carbonyl (C=O) groups is 1. The maximum Gasteiger partial charge on any atom is 0.338 e. The number of hydrogen-bond donors (Lipinski definition) is 0. The summed E-state index contributed by atoms with van der Waals surface area (Å²) < 4.78 is 5.08. The van der Waals surface area contributed by atoms with Gasteiger partial charge in [0.1, 0.15) is 0 Å². The molecule has 0 radical (unpaired) electrons. The van der Waals surface area contributed by atoms with E-state index in [1.807, 2.05) is 42.9 Å². The molecule has 2 rings (SSSR count). The molecule has 0 aliphatic carbocycles. The number of hydrogen-bond acceptors (Lipinski definition) is 4. The van der Waals surface area contributed by atoms with Gasteiger partial charge in [0.2, 0.25) is 0 Å². The lowest BCUT2D eigenvalue weighted by Crippen LogP contribution is -2.05. The minimum absolute atomic E-state index is 0.249. The first-order chi connectivity index (χ1) is 8.79. The van der Waals surface area contributed by atoms with Gasteiger partial charge in [0.25, 0.3) is 0 Å². The van der Waals surface area contributed by atoms with Crippen LogP contribution in [0, 0.1) is 0 Å². The predicted octanol–water partition coefficient (Wildman–Crippen LogP) is 3.30. The highest BCUT2D eigenvalue weighted by molar-refractivity contribution is 7.09. The number of thiazole rings is 1. The van der Waals surface area contributed by atoms with Crippen molar-refractivity contribution in [3.05, 3.63) is 52.0 Å². The van der Waals surface area contributed by atoms with E-state index in [1.54, 1.807) is 11.3 Å². The first kappa shape index (κ1) is 12.8. The molecule has 1 heterocycles. The van der Waals surface area contributed by atoms with Gasteiger partial charge in [0.05, 0.1) is 17.7 Å². The first-order valence-corrected chi connectivity index (χ1v) is 6.81. The Morgan fingerprint density at radius 2 is 2.11 bits per heavy atom. The van der Waals surface area contributed by atoms with Crippen LogP contribution >= 0.6 is 11.3 Å². The van der Waals surface area contributed by atoms with Crippen LogP contribution in [0.3, 0.4) is 0 Å². The Labute approximate surface area is 110 Å². The summed E-state index contributed by atoms with van der Waals surface area (Å²) in [7, 11) is 0. The highest BCUT2D eigenvalue weighted by Gasteiger charge is 2.06. The maximum atomic E-state index is 11.6. The van der Waals surface area contributed by atoms with Crippen LogP contribution in [0.5, 0.6) is 0 Å². The molecule has 0 unspecified atom stereocenters. The number of carbonyl (C=O) groups excluding carboxylic acids is 1. The third-order valence-electron chi connectivity index (χ3n) is 2.49. The van der Waals surface area contributed by atoms with E-state index in [9.17, 15) is 4.79 Å². The largest absolute Gasteiger partial charge is 0.462 e. The van der Waals surface area contributed by atoms with Gasteiger partial charge in [0.15, 0.2) is 0 Å². The lowest BCUT2D eigenvalue weighted by molar-refractivity contribution is 0.0505. The molecule has 0 spiro atoms. The van der Waals surface area contributed by atoms with Crippen molar-refractivity contribution in [3.8, 4) is 0 Å². The Kier molecular flexibility index (Phi) is 4.47. The SMILES string of the molecule is CCCOC(=O)c1ccc(Cc2cncs2)cc1. The maximum absolute atomic E-state index is 11.6. The molecule has 0 aliphatic heterocycles. The smallest absolute Gasteiger partial charge is 0.338 e. The van der Waals surface area contributed by atoms with Crippen molar-refractivity contribution < 1.29 is 9.53 Å². The van der Waals surface area contributed by atoms with Gasteiger partial charge in [-0.05, 0) is 24.1 Å². The fourth-order valence-electron chi connectivity index (χ4n) is 1.57. The summed E-state index contributed by atoms with van der Waals surface area (Å²) in [5, 5.41) is 0. The van der Waals surface area contributed by atoms with E-state index in [0.717, 1.165) is 12.8 Å². The summed E-state index contributed by atoms with van der Waals surface area (Å²) in [6.45, 7) is 2.45. The minimum atomic E-state index is -0.249. The van der Waals surface area contributed by atoms with E-state index in [4.69, 9.17) is 4.74 Å². The first-order valence-electron chi connectivity index (χ1n) is 5.93. The van der Waals surface area contributed by atoms with Crippen LogP contribution in [0.1, 0.15) is 34.1 Å². The van der Waals surface area contributed by atoms with Crippen molar-refractivity contribution in [3.63, 3.8) is 0 Å². The van der Waals surface area contributed by atoms with Crippen LogP contribution in [-0.2, 0) is 11.2 Å². The monoisotopic (exact) mass is 261 g/mol. The van der Waals surface area contributed by atoms with Crippen LogP contribution in [0.15, 0.2) is 36.0 Å². The third-order valence-corrected chi connectivity index (χ3v) is 3.27. The van der Waals surface area contributed by atoms with Gasteiger partial charge in [-0.1, -0.05) is 19.1 Å². The fraction of sp³-hybridized carbons (Fsp3) is 0.286. The molecule has 94 valence electrons. The van der Waals surface area contributed by atoms with Crippen molar-refractivity contribution in [2.45, 2.75) is 19.8 Å². The minimum Gasteiger partial charge on any atom is -0.462 e. The molecule has 18 heavy (non-hydrogen) atoms. The fourth-order valence-corrected chi connectivity index (χ4v) is 2.20. The third kappa shape index (κ3) is 3.40. The normalized spacial score (nSPS) is 10.3. The standard InChI is InChI=1S/C14H15NO2S/c1-2-7-17-14(16)12-5-3-11(4-6-12)8-13-9-15-10-18-13/h3-6,9-10H,2,7-8H2,1H3. The molecule has 0 fully saturated rings. The van der Waals surface area contributed by atoms with E-state index < -0.39 is 0 Å². The van der Waals surface area contributed by atoms with E-state index >= 15 is 0 Å². The number of ether oxygens (including phenoxy) is 1. The van der Waals surface area contributed by atoms with E-state index in [-0.39, 0.29) is 5.97 Å². The van der Waals surface area contributed by atoms with Gasteiger partial charge in [-0.25, -0.2) is 4.79 Å². The van der Waals surface area contributed by atoms with Gasteiger partial charge < -0.3 is 4.74 Å². The van der Waals surface area contributed by atoms with Crippen molar-refractivity contribution in [1.82, 2.24) is 4.98 Å². The molecule has 1 aromatic heterocycles. The highest BCUT2D eigenvalue weighted by Crippen LogP contribution is 2.14. The summed E-state index contributed by atoms with van der Waals surface area (Å²) in [6, 6.07) is 7.55. The zero-order chi connectivity index (χ0) is 12.8. The van der Waals surface area contributed by atoms with Crippen molar-refractivity contribution in [1.29, 1.82) is 0 Å². The van der Waals surface area contributed by atoms with Crippen LogP contribution in [0.4, 0.5) is 0 Å². The number of benzene rings is 1. The Hall–Kier alpha value is -1.68. The molecule has 4 heteroatoms. The summed E-state index contributed by atoms with van der Waals surface area (Å²) >= 11 is 1.64. The van der Waals surface area contributed by atoms with Crippen LogP contribution in [0.2, 0.25) is 0 Å². The predicted molar refractivity (Wildman–Crippen MR) is 71.9 cm³/mol. The molecule has 0 saturated heterocycles. The zero-order valence-corrected chi connectivity index (χ0v) is 11.1. The molecule has 0 amide bonds. The molecule has 0 saturated carbocycles. The van der Waals surface area contributed by atoms with Crippen molar-refractivity contribution in [2.75, 3.05) is 6.61 Å². The Bertz CT molecular complexity index is 491. The molecule has 1 aromatic carbocycles. The average molecular weight is 261 g/mol. The van der Waals surface area contributed by atoms with Gasteiger partial charge >= 0.3 is 5.97 Å². The van der Waals surface area contributed by atoms with Crippen molar-refractivity contribution in [2.24, 2.45) is 0 Å². The molecule has 0 N–H and O–H groups in total. The lowest BCUT2D eigenvalue weighted by atomic mass is 10.1. The number of rotatable bonds is 5. The molecule has 0 bridgehead atoms. The Morgan fingerprint density at radius 1 is 1.33 bits per heavy atom. The second kappa shape index (κ2) is 6.31. The summed E-state index contributed by atoms with van der Waals surface area (Å²) in [6.07, 6.45) is 3.57. The number of esters is 1. The summed E-state index contributed by atoms with van der Waals surface area (Å²) in [4.78, 5) is 16.9. The van der Waals surface area contributed by atoms with Crippen LogP contribution in [0.25, 0.3) is 0 Å². The number of nitrogens with zero attached hydrogens (tertiary/aromatic N) is 1. The van der Waals surface area contributed by atoms with Crippen LogP contribution in [-0.4, -0.2) is 17.6 Å². The summed E-state index contributed by atoms with van der Waals surface area (Å²) in [5.41, 5.74) is 3.61. The summed E-state index contributed by atoms with van der Waals surface area (Å²) in [5.74, 6) is -0.249. The second-order valence-electron chi connectivity index (χ2n) is 3.98. The molecule has 2 aromatic rings. The van der Waals surface area contributed by atoms with E-state index in [1.165, 1.54) is 10.4 Å². The van der Waals surface area contributed by atoms with Gasteiger partial charge in [-0.3, -0.25) is 4.98 Å².